The molecule has 3 nitrogen and oxygen atoms in total. The summed E-state index contributed by atoms with van der Waals surface area (Å²) in [5, 5.41) is 9.38. The van der Waals surface area contributed by atoms with E-state index in [4.69, 9.17) is 21.4 Å². The van der Waals surface area contributed by atoms with Gasteiger partial charge in [0.1, 0.15) is 5.75 Å². The Morgan fingerprint density at radius 2 is 2.11 bits per heavy atom. The van der Waals surface area contributed by atoms with Crippen molar-refractivity contribution in [1.29, 1.82) is 0 Å². The zero-order valence-corrected chi connectivity index (χ0v) is 11.2. The van der Waals surface area contributed by atoms with Crippen LogP contribution in [0.25, 0.3) is 0 Å². The third-order valence-corrected chi connectivity index (χ3v) is 3.77. The molecule has 0 spiro atoms. The van der Waals surface area contributed by atoms with E-state index in [1.54, 1.807) is 13.2 Å². The van der Waals surface area contributed by atoms with E-state index < -0.39 is 5.97 Å². The van der Waals surface area contributed by atoms with Crippen molar-refractivity contribution in [3.8, 4) is 5.75 Å². The van der Waals surface area contributed by atoms with E-state index in [9.17, 15) is 4.79 Å². The molecule has 0 unspecified atom stereocenters. The molecule has 4 heteroatoms. The van der Waals surface area contributed by atoms with Crippen molar-refractivity contribution in [3.05, 3.63) is 28.3 Å². The summed E-state index contributed by atoms with van der Waals surface area (Å²) >= 11 is 6.18. The van der Waals surface area contributed by atoms with Crippen LogP contribution in [0.1, 0.15) is 42.7 Å². The van der Waals surface area contributed by atoms with Crippen molar-refractivity contribution in [2.24, 2.45) is 0 Å². The minimum atomic E-state index is -0.839. The van der Waals surface area contributed by atoms with E-state index >= 15 is 0 Å². The van der Waals surface area contributed by atoms with Crippen LogP contribution < -0.4 is 4.74 Å². The summed E-state index contributed by atoms with van der Waals surface area (Å²) in [6, 6.07) is 3.63. The number of aliphatic carboxylic acids is 1. The lowest BCUT2D eigenvalue weighted by Crippen LogP contribution is -2.04. The largest absolute Gasteiger partial charge is 0.495 e. The Morgan fingerprint density at radius 3 is 2.67 bits per heavy atom. The van der Waals surface area contributed by atoms with E-state index in [-0.39, 0.29) is 6.42 Å². The molecule has 1 N–H and O–H groups in total. The first-order valence-electron chi connectivity index (χ1n) is 6.20. The lowest BCUT2D eigenvalue weighted by molar-refractivity contribution is -0.136. The maximum Gasteiger partial charge on any atom is 0.307 e. The molecular weight excluding hydrogens is 252 g/mol. The second-order valence-electron chi connectivity index (χ2n) is 4.75. The van der Waals surface area contributed by atoms with E-state index in [2.05, 4.69) is 0 Å². The highest BCUT2D eigenvalue weighted by atomic mass is 35.5. The maximum atomic E-state index is 10.8. The second kappa shape index (κ2) is 5.61. The number of hydrogen-bond acceptors (Lipinski definition) is 2. The van der Waals surface area contributed by atoms with Gasteiger partial charge in [0.25, 0.3) is 0 Å². The van der Waals surface area contributed by atoms with Crippen LogP contribution in [-0.2, 0) is 11.2 Å². The number of carboxylic acid groups (broad SMARTS) is 1. The molecule has 1 aromatic rings. The molecule has 0 atom stereocenters. The van der Waals surface area contributed by atoms with Gasteiger partial charge in [-0.2, -0.15) is 0 Å². The predicted octanol–water partition coefficient (Wildman–Crippen LogP) is 3.63. The Hall–Kier alpha value is -1.22. The molecule has 1 aliphatic carbocycles. The molecule has 1 aliphatic rings. The fourth-order valence-corrected chi connectivity index (χ4v) is 3.03. The van der Waals surface area contributed by atoms with Crippen molar-refractivity contribution in [2.75, 3.05) is 7.11 Å². The molecule has 0 amide bonds. The summed E-state index contributed by atoms with van der Waals surface area (Å²) in [7, 11) is 1.61. The second-order valence-corrected chi connectivity index (χ2v) is 5.16. The third kappa shape index (κ3) is 2.78. The SMILES string of the molecule is COc1c(Cl)cc(CC(=O)O)cc1C1CCCC1. The van der Waals surface area contributed by atoms with Crippen LogP contribution in [0, 0.1) is 0 Å². The summed E-state index contributed by atoms with van der Waals surface area (Å²) in [6.07, 6.45) is 4.69. The minimum Gasteiger partial charge on any atom is -0.495 e. The quantitative estimate of drug-likeness (QED) is 0.907. The first-order chi connectivity index (χ1) is 8.61. The zero-order valence-electron chi connectivity index (χ0n) is 10.4. The Labute approximate surface area is 112 Å². The van der Waals surface area contributed by atoms with E-state index in [0.29, 0.717) is 16.7 Å². The zero-order chi connectivity index (χ0) is 13.1. The molecule has 1 aromatic carbocycles. The van der Waals surface area contributed by atoms with E-state index in [1.807, 2.05) is 6.07 Å². The Bertz CT molecular complexity index is 451. The lowest BCUT2D eigenvalue weighted by Gasteiger charge is -2.17. The third-order valence-electron chi connectivity index (χ3n) is 3.49. The maximum absolute atomic E-state index is 10.8. The highest BCUT2D eigenvalue weighted by Crippen LogP contribution is 2.42. The van der Waals surface area contributed by atoms with Gasteiger partial charge >= 0.3 is 5.97 Å². The summed E-state index contributed by atoms with van der Waals surface area (Å²) in [4.78, 5) is 10.8. The molecule has 0 radical (unpaired) electrons. The predicted molar refractivity (Wildman–Crippen MR) is 70.6 cm³/mol. The highest BCUT2D eigenvalue weighted by molar-refractivity contribution is 6.32. The van der Waals surface area contributed by atoms with Gasteiger partial charge < -0.3 is 9.84 Å². The molecule has 1 fully saturated rings. The molecule has 18 heavy (non-hydrogen) atoms. The normalized spacial score (nSPS) is 15.9. The fourth-order valence-electron chi connectivity index (χ4n) is 2.71. The molecule has 98 valence electrons. The Morgan fingerprint density at radius 1 is 1.44 bits per heavy atom. The molecule has 1 saturated carbocycles. The lowest BCUT2D eigenvalue weighted by atomic mass is 9.94. The van der Waals surface area contributed by atoms with Crippen LogP contribution in [0.3, 0.4) is 0 Å². The standard InChI is InChI=1S/C14H17ClO3/c1-18-14-11(10-4-2-3-5-10)6-9(7-12(14)15)8-13(16)17/h6-7,10H,2-5,8H2,1H3,(H,16,17). The molecular formula is C14H17ClO3. The van der Waals surface area contributed by atoms with E-state index in [0.717, 1.165) is 24.0 Å². The van der Waals surface area contributed by atoms with Crippen LogP contribution >= 0.6 is 11.6 Å². The average Bonchev–Trinajstić information content (AvgIpc) is 2.80. The number of hydrogen-bond donors (Lipinski definition) is 1. The monoisotopic (exact) mass is 268 g/mol. The summed E-state index contributed by atoms with van der Waals surface area (Å²) in [6.45, 7) is 0. The molecule has 0 bridgehead atoms. The smallest absolute Gasteiger partial charge is 0.307 e. The van der Waals surface area contributed by atoms with Gasteiger partial charge in [0.15, 0.2) is 0 Å². The van der Waals surface area contributed by atoms with Gasteiger partial charge in [0, 0.05) is 0 Å². The van der Waals surface area contributed by atoms with Gasteiger partial charge in [-0.05, 0) is 36.0 Å². The average molecular weight is 269 g/mol. The van der Waals surface area contributed by atoms with E-state index in [1.165, 1.54) is 12.8 Å². The number of benzene rings is 1. The minimum absolute atomic E-state index is 0.00341. The first kappa shape index (κ1) is 13.2. The molecule has 0 aliphatic heterocycles. The number of ether oxygens (including phenoxy) is 1. The molecule has 0 saturated heterocycles. The Kier molecular flexibility index (Phi) is 4.12. The van der Waals surface area contributed by atoms with Crippen molar-refractivity contribution in [3.63, 3.8) is 0 Å². The van der Waals surface area contributed by atoms with Gasteiger partial charge in [0.05, 0.1) is 18.6 Å². The number of carboxylic acids is 1. The molecule has 2 rings (SSSR count). The van der Waals surface area contributed by atoms with Crippen LogP contribution in [0.2, 0.25) is 5.02 Å². The summed E-state index contributed by atoms with van der Waals surface area (Å²) in [5.74, 6) is 0.317. The fraction of sp³-hybridized carbons (Fsp3) is 0.500. The van der Waals surface area contributed by atoms with Crippen LogP contribution in [-0.4, -0.2) is 18.2 Å². The number of halogens is 1. The summed E-state index contributed by atoms with van der Waals surface area (Å²) in [5.41, 5.74) is 1.81. The van der Waals surface area contributed by atoms with Gasteiger partial charge in [-0.3, -0.25) is 4.79 Å². The number of carbonyl (C=O) groups is 1. The van der Waals surface area contributed by atoms with Crippen molar-refractivity contribution in [2.45, 2.75) is 38.0 Å². The number of methoxy groups -OCH3 is 1. The van der Waals surface area contributed by atoms with Crippen molar-refractivity contribution < 1.29 is 14.6 Å². The first-order valence-corrected chi connectivity index (χ1v) is 6.57. The van der Waals surface area contributed by atoms with Crippen LogP contribution in [0.4, 0.5) is 0 Å². The van der Waals surface area contributed by atoms with Crippen LogP contribution in [0.5, 0.6) is 5.75 Å². The Balaban J connectivity index is 2.39. The van der Waals surface area contributed by atoms with Crippen molar-refractivity contribution >= 4 is 17.6 Å². The number of rotatable bonds is 4. The van der Waals surface area contributed by atoms with Gasteiger partial charge in [0.2, 0.25) is 0 Å². The van der Waals surface area contributed by atoms with Crippen LogP contribution in [0.15, 0.2) is 12.1 Å². The highest BCUT2D eigenvalue weighted by Gasteiger charge is 2.23. The van der Waals surface area contributed by atoms with Crippen molar-refractivity contribution in [1.82, 2.24) is 0 Å². The molecule has 0 aromatic heterocycles. The topological polar surface area (TPSA) is 46.5 Å². The van der Waals surface area contributed by atoms with Gasteiger partial charge in [-0.25, -0.2) is 0 Å². The van der Waals surface area contributed by atoms with Gasteiger partial charge in [-0.15, -0.1) is 0 Å². The summed E-state index contributed by atoms with van der Waals surface area (Å²) < 4.78 is 5.37. The molecule has 0 heterocycles. The van der Waals surface area contributed by atoms with Gasteiger partial charge in [-0.1, -0.05) is 30.5 Å².